The van der Waals surface area contributed by atoms with Crippen LogP contribution in [0.3, 0.4) is 0 Å². The minimum Gasteiger partial charge on any atom is -0.327 e. The molecule has 0 radical (unpaired) electrons. The second-order valence-electron chi connectivity index (χ2n) is 5.32. The first-order chi connectivity index (χ1) is 9.79. The van der Waals surface area contributed by atoms with Gasteiger partial charge in [-0.25, -0.2) is 9.37 Å². The number of fused-ring (bicyclic) bond motifs is 1. The van der Waals surface area contributed by atoms with Crippen LogP contribution in [-0.4, -0.2) is 34.1 Å². The van der Waals surface area contributed by atoms with E-state index in [1.165, 1.54) is 32.0 Å². The van der Waals surface area contributed by atoms with Crippen LogP contribution in [0.25, 0.3) is 11.0 Å². The topological polar surface area (TPSA) is 21.1 Å². The monoisotopic (exact) mass is 295 g/mol. The minimum absolute atomic E-state index is 0.271. The first-order valence-corrected chi connectivity index (χ1v) is 7.75. The summed E-state index contributed by atoms with van der Waals surface area (Å²) in [6, 6.07) is 5.09. The summed E-state index contributed by atoms with van der Waals surface area (Å²) in [5.74, 6) is 0.804. The molecule has 1 fully saturated rings. The standard InChI is InChI=1S/C15H19ClFN3/c16-11-14-18-15-12(17)5-3-6-13(15)20(14)10-4-9-19-7-1-2-8-19/h3,5-6H,1-2,4,7-11H2. The van der Waals surface area contributed by atoms with Crippen molar-refractivity contribution < 1.29 is 4.39 Å². The van der Waals surface area contributed by atoms with Crippen molar-refractivity contribution in [1.29, 1.82) is 0 Å². The average molecular weight is 296 g/mol. The van der Waals surface area contributed by atoms with Gasteiger partial charge in [0.1, 0.15) is 11.3 Å². The molecule has 0 bridgehead atoms. The number of benzene rings is 1. The molecule has 20 heavy (non-hydrogen) atoms. The summed E-state index contributed by atoms with van der Waals surface area (Å²) in [4.78, 5) is 6.81. The number of likely N-dealkylation sites (tertiary alicyclic amines) is 1. The molecule has 1 aromatic carbocycles. The van der Waals surface area contributed by atoms with E-state index in [0.717, 1.165) is 30.9 Å². The van der Waals surface area contributed by atoms with Crippen LogP contribution in [0.1, 0.15) is 25.1 Å². The van der Waals surface area contributed by atoms with Gasteiger partial charge in [-0.05, 0) is 51.0 Å². The third-order valence-electron chi connectivity index (χ3n) is 3.98. The van der Waals surface area contributed by atoms with E-state index in [4.69, 9.17) is 11.6 Å². The number of nitrogens with zero attached hydrogens (tertiary/aromatic N) is 3. The second-order valence-corrected chi connectivity index (χ2v) is 5.59. The Morgan fingerprint density at radius 3 is 2.75 bits per heavy atom. The van der Waals surface area contributed by atoms with E-state index in [1.807, 2.05) is 6.07 Å². The molecule has 1 aromatic heterocycles. The lowest BCUT2D eigenvalue weighted by molar-refractivity contribution is 0.325. The van der Waals surface area contributed by atoms with E-state index in [9.17, 15) is 4.39 Å². The van der Waals surface area contributed by atoms with E-state index < -0.39 is 0 Å². The van der Waals surface area contributed by atoms with Gasteiger partial charge in [0.2, 0.25) is 0 Å². The van der Waals surface area contributed by atoms with Crippen molar-refractivity contribution in [2.75, 3.05) is 19.6 Å². The highest BCUT2D eigenvalue weighted by atomic mass is 35.5. The largest absolute Gasteiger partial charge is 0.327 e. The zero-order valence-corrected chi connectivity index (χ0v) is 12.2. The maximum atomic E-state index is 13.8. The Hall–Kier alpha value is -1.13. The first-order valence-electron chi connectivity index (χ1n) is 7.21. The Kier molecular flexibility index (Phi) is 4.22. The van der Waals surface area contributed by atoms with Crippen molar-refractivity contribution in [2.45, 2.75) is 31.7 Å². The molecule has 2 aromatic rings. The molecule has 0 atom stereocenters. The Bertz CT molecular complexity index is 590. The Morgan fingerprint density at radius 1 is 1.20 bits per heavy atom. The molecular formula is C15H19ClFN3. The van der Waals surface area contributed by atoms with Gasteiger partial charge in [0.05, 0.1) is 11.4 Å². The van der Waals surface area contributed by atoms with Gasteiger partial charge in [0, 0.05) is 6.54 Å². The van der Waals surface area contributed by atoms with Gasteiger partial charge >= 0.3 is 0 Å². The Morgan fingerprint density at radius 2 is 2.00 bits per heavy atom. The molecule has 0 saturated carbocycles. The maximum Gasteiger partial charge on any atom is 0.151 e. The number of alkyl halides is 1. The van der Waals surface area contributed by atoms with Gasteiger partial charge in [0.15, 0.2) is 5.82 Å². The Labute approximate surface area is 123 Å². The molecule has 0 unspecified atom stereocenters. The summed E-state index contributed by atoms with van der Waals surface area (Å²) in [5.41, 5.74) is 1.28. The fourth-order valence-corrected chi connectivity index (χ4v) is 3.18. The van der Waals surface area contributed by atoms with Crippen molar-refractivity contribution in [3.05, 3.63) is 29.8 Å². The van der Waals surface area contributed by atoms with E-state index in [1.54, 1.807) is 6.07 Å². The fourth-order valence-electron chi connectivity index (χ4n) is 2.97. The SMILES string of the molecule is Fc1cccc2c1nc(CCl)n2CCCN1CCCC1. The summed E-state index contributed by atoms with van der Waals surface area (Å²) >= 11 is 5.95. The highest BCUT2D eigenvalue weighted by Gasteiger charge is 2.14. The highest BCUT2D eigenvalue weighted by molar-refractivity contribution is 6.16. The molecule has 0 amide bonds. The van der Waals surface area contributed by atoms with Gasteiger partial charge in [0.25, 0.3) is 0 Å². The number of halogens is 2. The molecule has 0 aliphatic carbocycles. The summed E-state index contributed by atoms with van der Waals surface area (Å²) in [7, 11) is 0. The zero-order chi connectivity index (χ0) is 13.9. The molecule has 0 N–H and O–H groups in total. The molecular weight excluding hydrogens is 277 g/mol. The number of para-hydroxylation sites is 1. The molecule has 2 heterocycles. The lowest BCUT2D eigenvalue weighted by Gasteiger charge is -2.15. The zero-order valence-electron chi connectivity index (χ0n) is 11.5. The van der Waals surface area contributed by atoms with E-state index in [0.29, 0.717) is 11.4 Å². The number of aryl methyl sites for hydroxylation is 1. The lowest BCUT2D eigenvalue weighted by Crippen LogP contribution is -2.21. The quantitative estimate of drug-likeness (QED) is 0.788. The van der Waals surface area contributed by atoms with E-state index >= 15 is 0 Å². The minimum atomic E-state index is -0.271. The molecule has 1 aliphatic heterocycles. The van der Waals surface area contributed by atoms with Gasteiger partial charge in [-0.2, -0.15) is 0 Å². The maximum absolute atomic E-state index is 13.8. The van der Waals surface area contributed by atoms with Gasteiger partial charge in [-0.1, -0.05) is 6.07 Å². The lowest BCUT2D eigenvalue weighted by atomic mass is 10.3. The Balaban J connectivity index is 1.77. The van der Waals surface area contributed by atoms with Gasteiger partial charge in [-0.3, -0.25) is 0 Å². The van der Waals surface area contributed by atoms with Crippen LogP contribution >= 0.6 is 11.6 Å². The van der Waals surface area contributed by atoms with Crippen LogP contribution < -0.4 is 0 Å². The smallest absolute Gasteiger partial charge is 0.151 e. The van der Waals surface area contributed by atoms with Crippen molar-refractivity contribution >= 4 is 22.6 Å². The van der Waals surface area contributed by atoms with E-state index in [2.05, 4.69) is 14.5 Å². The molecule has 1 aliphatic rings. The second kappa shape index (κ2) is 6.10. The van der Waals surface area contributed by atoms with Crippen LogP contribution in [0, 0.1) is 5.82 Å². The highest BCUT2D eigenvalue weighted by Crippen LogP contribution is 2.21. The van der Waals surface area contributed by atoms with Crippen molar-refractivity contribution in [3.63, 3.8) is 0 Å². The number of hydrogen-bond donors (Lipinski definition) is 0. The van der Waals surface area contributed by atoms with E-state index in [-0.39, 0.29) is 5.82 Å². The number of rotatable bonds is 5. The summed E-state index contributed by atoms with van der Waals surface area (Å²) in [6.07, 6.45) is 3.67. The normalized spacial score (nSPS) is 16.3. The summed E-state index contributed by atoms with van der Waals surface area (Å²) < 4.78 is 15.8. The van der Waals surface area contributed by atoms with Crippen LogP contribution in [0.15, 0.2) is 18.2 Å². The average Bonchev–Trinajstić information content (AvgIpc) is 3.08. The van der Waals surface area contributed by atoms with Crippen LogP contribution in [0.5, 0.6) is 0 Å². The predicted octanol–water partition coefficient (Wildman–Crippen LogP) is 3.40. The van der Waals surface area contributed by atoms with Crippen molar-refractivity contribution in [2.24, 2.45) is 0 Å². The molecule has 5 heteroatoms. The molecule has 1 saturated heterocycles. The number of hydrogen-bond acceptors (Lipinski definition) is 2. The van der Waals surface area contributed by atoms with Crippen LogP contribution in [0.2, 0.25) is 0 Å². The van der Waals surface area contributed by atoms with Crippen LogP contribution in [0.4, 0.5) is 4.39 Å². The third kappa shape index (κ3) is 2.67. The molecule has 0 spiro atoms. The molecule has 108 valence electrons. The first kappa shape index (κ1) is 13.8. The summed E-state index contributed by atoms with van der Waals surface area (Å²) in [6.45, 7) is 4.36. The third-order valence-corrected chi connectivity index (χ3v) is 4.22. The number of imidazole rings is 1. The van der Waals surface area contributed by atoms with Gasteiger partial charge in [-0.15, -0.1) is 11.6 Å². The number of aromatic nitrogens is 2. The van der Waals surface area contributed by atoms with Crippen LogP contribution in [-0.2, 0) is 12.4 Å². The molecule has 3 nitrogen and oxygen atoms in total. The van der Waals surface area contributed by atoms with Crippen molar-refractivity contribution in [3.8, 4) is 0 Å². The fraction of sp³-hybridized carbons (Fsp3) is 0.533. The molecule has 3 rings (SSSR count). The van der Waals surface area contributed by atoms with Crippen molar-refractivity contribution in [1.82, 2.24) is 14.5 Å². The van der Waals surface area contributed by atoms with Gasteiger partial charge < -0.3 is 9.47 Å². The summed E-state index contributed by atoms with van der Waals surface area (Å²) in [5, 5.41) is 0. The predicted molar refractivity (Wildman–Crippen MR) is 79.5 cm³/mol.